The number of nitrogens with zero attached hydrogens (tertiary/aromatic N) is 1. The summed E-state index contributed by atoms with van der Waals surface area (Å²) in [5, 5.41) is 5.08. The minimum Gasteiger partial charge on any atom is -0.326 e. The third-order valence-electron chi connectivity index (χ3n) is 3.36. The highest BCUT2D eigenvalue weighted by Crippen LogP contribution is 2.23. The lowest BCUT2D eigenvalue weighted by molar-refractivity contribution is -0.120. The Morgan fingerprint density at radius 2 is 1.46 bits per heavy atom. The van der Waals surface area contributed by atoms with Crippen LogP contribution in [-0.4, -0.2) is 24.3 Å². The Morgan fingerprint density at radius 3 is 2.00 bits per heavy atom. The number of carbonyl (C=O) groups excluding carboxylic acids is 3. The lowest BCUT2D eigenvalue weighted by Crippen LogP contribution is -2.37. The molecule has 2 N–H and O–H groups in total. The van der Waals surface area contributed by atoms with Crippen molar-refractivity contribution in [2.75, 3.05) is 22.1 Å². The Kier molecular flexibility index (Phi) is 6.00. The largest absolute Gasteiger partial charge is 0.326 e. The van der Waals surface area contributed by atoms with Gasteiger partial charge in [0.05, 0.1) is 0 Å². The SMILES string of the molecule is CC(=O)Nc1cccc(NC(=O)CN(C(C)=O)c2c(F)cccc2F)c1. The Bertz CT molecular complexity index is 835. The van der Waals surface area contributed by atoms with Gasteiger partial charge in [0.15, 0.2) is 0 Å². The van der Waals surface area contributed by atoms with Crippen molar-refractivity contribution in [3.8, 4) is 0 Å². The van der Waals surface area contributed by atoms with Gasteiger partial charge in [-0.3, -0.25) is 19.3 Å². The number of halogens is 2. The van der Waals surface area contributed by atoms with Crippen molar-refractivity contribution < 1.29 is 23.2 Å². The van der Waals surface area contributed by atoms with Gasteiger partial charge >= 0.3 is 0 Å². The first kappa shape index (κ1) is 19.0. The first-order valence-electron chi connectivity index (χ1n) is 7.67. The number of amides is 3. The predicted molar refractivity (Wildman–Crippen MR) is 93.8 cm³/mol. The quantitative estimate of drug-likeness (QED) is 0.860. The van der Waals surface area contributed by atoms with Crippen LogP contribution in [0.5, 0.6) is 0 Å². The zero-order valence-corrected chi connectivity index (χ0v) is 14.2. The molecule has 6 nitrogen and oxygen atoms in total. The standard InChI is InChI=1S/C18H17F2N3O3/c1-11(24)21-13-5-3-6-14(9-13)22-17(26)10-23(12(2)25)18-15(19)7-4-8-16(18)20/h3-9H,10H2,1-2H3,(H,21,24)(H,22,26). The molecule has 0 aliphatic rings. The zero-order valence-electron chi connectivity index (χ0n) is 14.2. The number of nitrogens with one attached hydrogen (secondary N) is 2. The molecule has 0 aromatic heterocycles. The van der Waals surface area contributed by atoms with Crippen LogP contribution in [0.1, 0.15) is 13.8 Å². The molecule has 2 aromatic rings. The molecule has 0 atom stereocenters. The van der Waals surface area contributed by atoms with Crippen molar-refractivity contribution in [2.24, 2.45) is 0 Å². The average Bonchev–Trinajstić information content (AvgIpc) is 2.53. The van der Waals surface area contributed by atoms with Gasteiger partial charge in [0, 0.05) is 25.2 Å². The van der Waals surface area contributed by atoms with Gasteiger partial charge in [-0.25, -0.2) is 8.78 Å². The van der Waals surface area contributed by atoms with Crippen LogP contribution in [0.3, 0.4) is 0 Å². The predicted octanol–water partition coefficient (Wildman–Crippen LogP) is 2.91. The smallest absolute Gasteiger partial charge is 0.244 e. The highest BCUT2D eigenvalue weighted by atomic mass is 19.1. The summed E-state index contributed by atoms with van der Waals surface area (Å²) in [4.78, 5) is 35.8. The third-order valence-corrected chi connectivity index (χ3v) is 3.36. The molecule has 0 saturated carbocycles. The van der Waals surface area contributed by atoms with Crippen LogP contribution in [0.4, 0.5) is 25.8 Å². The van der Waals surface area contributed by atoms with Crippen molar-refractivity contribution in [2.45, 2.75) is 13.8 Å². The topological polar surface area (TPSA) is 78.5 Å². The Balaban J connectivity index is 2.16. The minimum absolute atomic E-state index is 0.272. The summed E-state index contributed by atoms with van der Waals surface area (Å²) in [5.74, 6) is -3.49. The molecule has 2 aromatic carbocycles. The number of benzene rings is 2. The second-order valence-corrected chi connectivity index (χ2v) is 5.49. The van der Waals surface area contributed by atoms with Crippen LogP contribution < -0.4 is 15.5 Å². The van der Waals surface area contributed by atoms with E-state index < -0.39 is 35.7 Å². The second kappa shape index (κ2) is 8.19. The number of anilines is 3. The summed E-state index contributed by atoms with van der Waals surface area (Å²) in [6.45, 7) is 1.88. The molecular formula is C18H17F2N3O3. The first-order valence-corrected chi connectivity index (χ1v) is 7.67. The van der Waals surface area contributed by atoms with Crippen molar-refractivity contribution in [3.63, 3.8) is 0 Å². The Hall–Kier alpha value is -3.29. The molecule has 3 amide bonds. The lowest BCUT2D eigenvalue weighted by atomic mass is 10.2. The molecule has 26 heavy (non-hydrogen) atoms. The van der Waals surface area contributed by atoms with Crippen LogP contribution in [-0.2, 0) is 14.4 Å². The zero-order chi connectivity index (χ0) is 19.3. The molecule has 0 unspecified atom stereocenters. The molecule has 0 fully saturated rings. The molecule has 0 radical (unpaired) electrons. The summed E-state index contributed by atoms with van der Waals surface area (Å²) in [6, 6.07) is 9.51. The van der Waals surface area contributed by atoms with E-state index in [0.717, 1.165) is 24.0 Å². The Morgan fingerprint density at radius 1 is 0.923 bits per heavy atom. The number of rotatable bonds is 5. The highest BCUT2D eigenvalue weighted by Gasteiger charge is 2.22. The highest BCUT2D eigenvalue weighted by molar-refractivity contribution is 6.02. The van der Waals surface area contributed by atoms with E-state index in [2.05, 4.69) is 10.6 Å². The first-order chi connectivity index (χ1) is 12.3. The van der Waals surface area contributed by atoms with E-state index in [1.807, 2.05) is 0 Å². The molecule has 136 valence electrons. The summed E-state index contributed by atoms with van der Waals surface area (Å²) in [6.07, 6.45) is 0. The third kappa shape index (κ3) is 4.85. The van der Waals surface area contributed by atoms with Gasteiger partial charge in [-0.1, -0.05) is 12.1 Å². The van der Waals surface area contributed by atoms with Gasteiger partial charge in [0.25, 0.3) is 0 Å². The van der Waals surface area contributed by atoms with Crippen molar-refractivity contribution >= 4 is 34.8 Å². The van der Waals surface area contributed by atoms with E-state index in [-0.39, 0.29) is 5.91 Å². The van der Waals surface area contributed by atoms with Gasteiger partial charge < -0.3 is 10.6 Å². The molecule has 0 bridgehead atoms. The molecule has 0 aliphatic heterocycles. The van der Waals surface area contributed by atoms with E-state index in [1.54, 1.807) is 18.2 Å². The van der Waals surface area contributed by atoms with Gasteiger partial charge in [-0.15, -0.1) is 0 Å². The maximum absolute atomic E-state index is 13.9. The van der Waals surface area contributed by atoms with Crippen LogP contribution in [0.15, 0.2) is 42.5 Å². The molecule has 0 aliphatic carbocycles. The molecule has 2 rings (SSSR count). The molecule has 0 spiro atoms. The summed E-state index contributed by atoms with van der Waals surface area (Å²) < 4.78 is 27.8. The van der Waals surface area contributed by atoms with E-state index in [4.69, 9.17) is 0 Å². The van der Waals surface area contributed by atoms with E-state index in [9.17, 15) is 23.2 Å². The molecule has 0 heterocycles. The van der Waals surface area contributed by atoms with Crippen molar-refractivity contribution in [1.82, 2.24) is 0 Å². The molecule has 8 heteroatoms. The summed E-state index contributed by atoms with van der Waals surface area (Å²) in [7, 11) is 0. The van der Waals surface area contributed by atoms with Gasteiger partial charge in [-0.05, 0) is 30.3 Å². The Labute approximate surface area is 148 Å². The fourth-order valence-corrected chi connectivity index (χ4v) is 2.32. The lowest BCUT2D eigenvalue weighted by Gasteiger charge is -2.21. The van der Waals surface area contributed by atoms with Crippen LogP contribution in [0, 0.1) is 11.6 Å². The van der Waals surface area contributed by atoms with Crippen molar-refractivity contribution in [1.29, 1.82) is 0 Å². The van der Waals surface area contributed by atoms with E-state index in [0.29, 0.717) is 11.4 Å². The number of hydrogen-bond acceptors (Lipinski definition) is 3. The monoisotopic (exact) mass is 361 g/mol. The van der Waals surface area contributed by atoms with E-state index >= 15 is 0 Å². The van der Waals surface area contributed by atoms with Crippen molar-refractivity contribution in [3.05, 3.63) is 54.1 Å². The number of hydrogen-bond donors (Lipinski definition) is 2. The normalized spacial score (nSPS) is 10.2. The summed E-state index contributed by atoms with van der Waals surface area (Å²) >= 11 is 0. The van der Waals surface area contributed by atoms with Gasteiger partial charge in [0.2, 0.25) is 17.7 Å². The second-order valence-electron chi connectivity index (χ2n) is 5.49. The van der Waals surface area contributed by atoms with Crippen LogP contribution >= 0.6 is 0 Å². The fourth-order valence-electron chi connectivity index (χ4n) is 2.32. The summed E-state index contributed by atoms with van der Waals surface area (Å²) in [5.41, 5.74) is 0.250. The maximum atomic E-state index is 13.9. The van der Waals surface area contributed by atoms with Crippen LogP contribution in [0.2, 0.25) is 0 Å². The maximum Gasteiger partial charge on any atom is 0.244 e. The number of carbonyl (C=O) groups is 3. The van der Waals surface area contributed by atoms with Gasteiger partial charge in [-0.2, -0.15) is 0 Å². The fraction of sp³-hybridized carbons (Fsp3) is 0.167. The van der Waals surface area contributed by atoms with E-state index in [1.165, 1.54) is 19.1 Å². The molecule has 0 saturated heterocycles. The minimum atomic E-state index is -0.944. The average molecular weight is 361 g/mol. The van der Waals surface area contributed by atoms with Crippen LogP contribution in [0.25, 0.3) is 0 Å². The number of para-hydroxylation sites is 1. The molecular weight excluding hydrogens is 344 g/mol. The van der Waals surface area contributed by atoms with Gasteiger partial charge in [0.1, 0.15) is 23.9 Å².